The van der Waals surface area contributed by atoms with Crippen molar-refractivity contribution < 1.29 is 5.11 Å². The Bertz CT molecular complexity index is 144. The van der Waals surface area contributed by atoms with Gasteiger partial charge >= 0.3 is 0 Å². The Kier molecular flexibility index (Phi) is 2.26. The summed E-state index contributed by atoms with van der Waals surface area (Å²) in [6, 6.07) is 0. The molecule has 0 aromatic rings. The van der Waals surface area contributed by atoms with Gasteiger partial charge in [0.2, 0.25) is 0 Å². The molecule has 1 N–H and O–H groups in total. The predicted molar refractivity (Wildman–Crippen MR) is 46.4 cm³/mol. The third-order valence-corrected chi connectivity index (χ3v) is 2.62. The Hall–Kier alpha value is -0.0800. The van der Waals surface area contributed by atoms with Crippen LogP contribution >= 0.6 is 0 Å². The first kappa shape index (κ1) is 9.01. The summed E-state index contributed by atoms with van der Waals surface area (Å²) in [7, 11) is 2.12. The van der Waals surface area contributed by atoms with Gasteiger partial charge in [-0.3, -0.25) is 0 Å². The smallest absolute Gasteiger partial charge is 0.0641 e. The van der Waals surface area contributed by atoms with Crippen LogP contribution < -0.4 is 0 Å². The second-order valence-electron chi connectivity index (χ2n) is 4.61. The Morgan fingerprint density at radius 2 is 2.00 bits per heavy atom. The maximum absolute atomic E-state index is 9.80. The summed E-state index contributed by atoms with van der Waals surface area (Å²) in [6.45, 7) is 8.39. The van der Waals surface area contributed by atoms with Crippen molar-refractivity contribution in [3.8, 4) is 0 Å². The second-order valence-corrected chi connectivity index (χ2v) is 4.61. The van der Waals surface area contributed by atoms with Crippen LogP contribution in [-0.2, 0) is 0 Å². The molecule has 11 heavy (non-hydrogen) atoms. The van der Waals surface area contributed by atoms with Gasteiger partial charge < -0.3 is 10.0 Å². The normalized spacial score (nSPS) is 39.0. The van der Waals surface area contributed by atoms with Crippen molar-refractivity contribution in [2.24, 2.45) is 11.3 Å². The fraction of sp³-hybridized carbons (Fsp3) is 1.00. The Morgan fingerprint density at radius 1 is 1.45 bits per heavy atom. The molecule has 0 amide bonds. The molecule has 66 valence electrons. The van der Waals surface area contributed by atoms with Gasteiger partial charge in [0.1, 0.15) is 0 Å². The summed E-state index contributed by atoms with van der Waals surface area (Å²) in [6.07, 6.45) is -0.140. The first-order chi connectivity index (χ1) is 4.93. The fourth-order valence-corrected chi connectivity index (χ4v) is 2.22. The van der Waals surface area contributed by atoms with E-state index in [0.717, 1.165) is 13.1 Å². The lowest BCUT2D eigenvalue weighted by Crippen LogP contribution is -2.51. The van der Waals surface area contributed by atoms with Crippen molar-refractivity contribution in [2.75, 3.05) is 20.1 Å². The molecule has 1 heterocycles. The van der Waals surface area contributed by atoms with E-state index in [2.05, 4.69) is 32.7 Å². The lowest BCUT2D eigenvalue weighted by atomic mass is 9.76. The van der Waals surface area contributed by atoms with E-state index in [9.17, 15) is 5.11 Å². The minimum Gasteiger partial charge on any atom is -0.392 e. The number of rotatable bonds is 0. The number of hydrogen-bond acceptors (Lipinski definition) is 2. The van der Waals surface area contributed by atoms with Crippen LogP contribution in [0.3, 0.4) is 0 Å². The van der Waals surface area contributed by atoms with Crippen molar-refractivity contribution in [3.63, 3.8) is 0 Å². The van der Waals surface area contributed by atoms with Crippen LogP contribution in [-0.4, -0.2) is 36.2 Å². The number of aliphatic hydroxyl groups is 1. The van der Waals surface area contributed by atoms with Crippen LogP contribution in [0, 0.1) is 11.3 Å². The topological polar surface area (TPSA) is 23.5 Å². The lowest BCUT2D eigenvalue weighted by molar-refractivity contribution is -0.0539. The van der Waals surface area contributed by atoms with Gasteiger partial charge in [0, 0.05) is 18.5 Å². The Morgan fingerprint density at radius 3 is 2.45 bits per heavy atom. The van der Waals surface area contributed by atoms with E-state index >= 15 is 0 Å². The zero-order chi connectivity index (χ0) is 8.65. The minimum absolute atomic E-state index is 0.0619. The molecule has 1 aliphatic heterocycles. The van der Waals surface area contributed by atoms with E-state index in [-0.39, 0.29) is 11.5 Å². The van der Waals surface area contributed by atoms with E-state index in [1.54, 1.807) is 0 Å². The molecule has 1 saturated heterocycles. The molecule has 2 heteroatoms. The van der Waals surface area contributed by atoms with E-state index in [1.807, 2.05) is 0 Å². The van der Waals surface area contributed by atoms with Crippen LogP contribution in [0.5, 0.6) is 0 Å². The highest BCUT2D eigenvalue weighted by molar-refractivity contribution is 4.89. The maximum atomic E-state index is 9.80. The highest BCUT2D eigenvalue weighted by atomic mass is 16.3. The Balaban J connectivity index is 2.67. The van der Waals surface area contributed by atoms with Crippen molar-refractivity contribution in [1.82, 2.24) is 4.90 Å². The standard InChI is InChI=1S/C9H19NO/c1-7-5-10(4)6-9(2,3)8(7)11/h7-8,11H,5-6H2,1-4H3/t7-,8+/m0/s1. The Labute approximate surface area is 69.2 Å². The summed E-state index contributed by atoms with van der Waals surface area (Å²) in [5.74, 6) is 0.406. The molecule has 0 aromatic carbocycles. The lowest BCUT2D eigenvalue weighted by Gasteiger charge is -2.44. The summed E-state index contributed by atoms with van der Waals surface area (Å²) < 4.78 is 0. The van der Waals surface area contributed by atoms with Crippen molar-refractivity contribution in [2.45, 2.75) is 26.9 Å². The molecule has 1 fully saturated rings. The average Bonchev–Trinajstić information content (AvgIpc) is 1.81. The molecule has 1 aliphatic rings. The maximum Gasteiger partial charge on any atom is 0.0641 e. The molecule has 0 spiro atoms. The SMILES string of the molecule is C[C@H]1CN(C)CC(C)(C)[C@@H]1O. The number of nitrogens with zero attached hydrogens (tertiary/aromatic N) is 1. The predicted octanol–water partition coefficient (Wildman–Crippen LogP) is 0.955. The molecule has 0 bridgehead atoms. The third-order valence-electron chi connectivity index (χ3n) is 2.62. The van der Waals surface area contributed by atoms with Crippen LogP contribution in [0.25, 0.3) is 0 Å². The molecule has 0 aliphatic carbocycles. The molecule has 0 unspecified atom stereocenters. The van der Waals surface area contributed by atoms with Gasteiger partial charge in [0.15, 0.2) is 0 Å². The minimum atomic E-state index is -0.140. The summed E-state index contributed by atoms with van der Waals surface area (Å²) in [4.78, 5) is 2.29. The first-order valence-electron chi connectivity index (χ1n) is 4.30. The molecule has 0 saturated carbocycles. The molecular weight excluding hydrogens is 138 g/mol. The largest absolute Gasteiger partial charge is 0.392 e. The molecule has 0 radical (unpaired) electrons. The van der Waals surface area contributed by atoms with Crippen LogP contribution in [0.1, 0.15) is 20.8 Å². The van der Waals surface area contributed by atoms with E-state index in [0.29, 0.717) is 5.92 Å². The fourth-order valence-electron chi connectivity index (χ4n) is 2.22. The van der Waals surface area contributed by atoms with Crippen LogP contribution in [0.15, 0.2) is 0 Å². The quantitative estimate of drug-likeness (QED) is 0.566. The molecular formula is C9H19NO. The monoisotopic (exact) mass is 157 g/mol. The summed E-state index contributed by atoms with van der Waals surface area (Å²) in [5.41, 5.74) is 0.0619. The van der Waals surface area contributed by atoms with Gasteiger partial charge in [-0.2, -0.15) is 0 Å². The van der Waals surface area contributed by atoms with E-state index in [4.69, 9.17) is 0 Å². The summed E-state index contributed by atoms with van der Waals surface area (Å²) >= 11 is 0. The van der Waals surface area contributed by atoms with E-state index < -0.39 is 0 Å². The van der Waals surface area contributed by atoms with Gasteiger partial charge in [0.25, 0.3) is 0 Å². The highest BCUT2D eigenvalue weighted by Crippen LogP contribution is 2.31. The highest BCUT2D eigenvalue weighted by Gasteiger charge is 2.37. The van der Waals surface area contributed by atoms with E-state index in [1.165, 1.54) is 0 Å². The van der Waals surface area contributed by atoms with Crippen molar-refractivity contribution >= 4 is 0 Å². The van der Waals surface area contributed by atoms with Gasteiger partial charge in [-0.1, -0.05) is 20.8 Å². The van der Waals surface area contributed by atoms with Crippen LogP contribution in [0.2, 0.25) is 0 Å². The molecule has 0 aromatic heterocycles. The van der Waals surface area contributed by atoms with Crippen molar-refractivity contribution in [3.05, 3.63) is 0 Å². The second kappa shape index (κ2) is 2.76. The number of likely N-dealkylation sites (tertiary alicyclic amines) is 1. The number of piperidine rings is 1. The molecule has 2 atom stereocenters. The van der Waals surface area contributed by atoms with Crippen molar-refractivity contribution in [1.29, 1.82) is 0 Å². The zero-order valence-corrected chi connectivity index (χ0v) is 7.96. The van der Waals surface area contributed by atoms with Gasteiger partial charge in [-0.25, -0.2) is 0 Å². The van der Waals surface area contributed by atoms with Gasteiger partial charge in [-0.05, 0) is 13.0 Å². The zero-order valence-electron chi connectivity index (χ0n) is 7.96. The average molecular weight is 157 g/mol. The van der Waals surface area contributed by atoms with Gasteiger partial charge in [0.05, 0.1) is 6.10 Å². The molecule has 1 rings (SSSR count). The third kappa shape index (κ3) is 1.74. The van der Waals surface area contributed by atoms with Gasteiger partial charge in [-0.15, -0.1) is 0 Å². The number of aliphatic hydroxyl groups excluding tert-OH is 1. The first-order valence-corrected chi connectivity index (χ1v) is 4.30. The molecule has 2 nitrogen and oxygen atoms in total. The number of hydrogen-bond donors (Lipinski definition) is 1. The van der Waals surface area contributed by atoms with Crippen LogP contribution in [0.4, 0.5) is 0 Å². The summed E-state index contributed by atoms with van der Waals surface area (Å²) in [5, 5.41) is 9.80.